The molecule has 35 heavy (non-hydrogen) atoms. The maximum absolute atomic E-state index is 12.6. The second-order valence-electron chi connectivity index (χ2n) is 8.49. The molecule has 9 nitrogen and oxygen atoms in total. The lowest BCUT2D eigenvalue weighted by atomic mass is 10.1. The van der Waals surface area contributed by atoms with Crippen LogP contribution < -0.4 is 10.1 Å². The third-order valence-electron chi connectivity index (χ3n) is 5.77. The number of aromatic nitrogens is 6. The summed E-state index contributed by atoms with van der Waals surface area (Å²) in [4.78, 5) is 21.5. The molecule has 0 atom stereocenters. The van der Waals surface area contributed by atoms with Crippen LogP contribution in [-0.2, 0) is 4.79 Å². The van der Waals surface area contributed by atoms with E-state index in [-0.39, 0.29) is 12.5 Å². The van der Waals surface area contributed by atoms with Crippen LogP contribution in [0.1, 0.15) is 22.4 Å². The van der Waals surface area contributed by atoms with Crippen LogP contribution in [0.4, 0.5) is 5.82 Å². The first-order valence-corrected chi connectivity index (χ1v) is 11.2. The van der Waals surface area contributed by atoms with Crippen LogP contribution in [0.2, 0.25) is 0 Å². The van der Waals surface area contributed by atoms with E-state index >= 15 is 0 Å². The highest BCUT2D eigenvalue weighted by molar-refractivity contribution is 5.92. The summed E-state index contributed by atoms with van der Waals surface area (Å²) in [7, 11) is 0. The SMILES string of the molecule is Cc1ccc(OCC(=O)Nc2cc(C)nn2-c2ncnc3c2cnn3-c2ccc(C)c(C)c2)cc1. The molecule has 0 bridgehead atoms. The number of anilines is 1. The minimum absolute atomic E-state index is 0.128. The lowest BCUT2D eigenvalue weighted by molar-refractivity contribution is -0.118. The van der Waals surface area contributed by atoms with E-state index in [1.54, 1.807) is 21.6 Å². The van der Waals surface area contributed by atoms with Crippen LogP contribution in [0.15, 0.2) is 61.1 Å². The highest BCUT2D eigenvalue weighted by Crippen LogP contribution is 2.25. The zero-order valence-corrected chi connectivity index (χ0v) is 20.0. The van der Waals surface area contributed by atoms with Crippen LogP contribution in [-0.4, -0.2) is 42.0 Å². The molecule has 5 aromatic rings. The highest BCUT2D eigenvalue weighted by atomic mass is 16.5. The number of rotatable bonds is 6. The van der Waals surface area contributed by atoms with Crippen molar-refractivity contribution < 1.29 is 9.53 Å². The first-order valence-electron chi connectivity index (χ1n) is 11.2. The Morgan fingerprint density at radius 1 is 0.943 bits per heavy atom. The Morgan fingerprint density at radius 2 is 1.74 bits per heavy atom. The van der Waals surface area contributed by atoms with Gasteiger partial charge < -0.3 is 10.1 Å². The maximum atomic E-state index is 12.6. The zero-order chi connectivity index (χ0) is 24.5. The van der Waals surface area contributed by atoms with E-state index in [4.69, 9.17) is 4.74 Å². The van der Waals surface area contributed by atoms with E-state index < -0.39 is 0 Å². The Labute approximate surface area is 202 Å². The summed E-state index contributed by atoms with van der Waals surface area (Å²) in [5.74, 6) is 1.33. The molecule has 3 heterocycles. The number of ether oxygens (including phenoxy) is 1. The number of amides is 1. The topological polar surface area (TPSA) is 99.8 Å². The van der Waals surface area contributed by atoms with Crippen molar-refractivity contribution in [2.75, 3.05) is 11.9 Å². The fourth-order valence-corrected chi connectivity index (χ4v) is 3.76. The van der Waals surface area contributed by atoms with Crippen LogP contribution in [0.3, 0.4) is 0 Å². The van der Waals surface area contributed by atoms with Crippen LogP contribution in [0, 0.1) is 27.7 Å². The highest BCUT2D eigenvalue weighted by Gasteiger charge is 2.18. The lowest BCUT2D eigenvalue weighted by Gasteiger charge is -2.10. The number of hydrogen-bond donors (Lipinski definition) is 1. The second kappa shape index (κ2) is 9.02. The van der Waals surface area contributed by atoms with Gasteiger partial charge in [0.25, 0.3) is 5.91 Å². The molecule has 0 aliphatic carbocycles. The monoisotopic (exact) mass is 467 g/mol. The summed E-state index contributed by atoms with van der Waals surface area (Å²) in [6.45, 7) is 7.86. The Bertz CT molecular complexity index is 1530. The number of benzene rings is 2. The molecule has 1 N–H and O–H groups in total. The molecular weight excluding hydrogens is 442 g/mol. The number of nitrogens with zero attached hydrogens (tertiary/aromatic N) is 6. The van der Waals surface area contributed by atoms with E-state index in [9.17, 15) is 4.79 Å². The molecule has 0 radical (unpaired) electrons. The first-order chi connectivity index (χ1) is 16.9. The molecule has 0 unspecified atom stereocenters. The van der Waals surface area contributed by atoms with Gasteiger partial charge in [-0.1, -0.05) is 23.8 Å². The average Bonchev–Trinajstić information content (AvgIpc) is 3.43. The van der Waals surface area contributed by atoms with Crippen molar-refractivity contribution in [1.29, 1.82) is 0 Å². The second-order valence-corrected chi connectivity index (χ2v) is 8.49. The Kier molecular flexibility index (Phi) is 5.74. The molecule has 0 saturated heterocycles. The van der Waals surface area contributed by atoms with E-state index in [2.05, 4.69) is 51.5 Å². The van der Waals surface area contributed by atoms with Gasteiger partial charge in [-0.25, -0.2) is 14.6 Å². The number of aryl methyl sites for hydroxylation is 4. The van der Waals surface area contributed by atoms with Crippen molar-refractivity contribution in [2.45, 2.75) is 27.7 Å². The minimum atomic E-state index is -0.303. The molecular formula is C26H25N7O2. The molecule has 0 spiro atoms. The molecule has 0 saturated carbocycles. The van der Waals surface area contributed by atoms with Crippen LogP contribution in [0.25, 0.3) is 22.5 Å². The standard InChI is InChI=1S/C26H25N7O2/c1-16-5-9-21(10-6-16)35-14-24(34)30-23-12-19(4)31-33(23)26-22-13-29-32(25(22)27-15-28-26)20-8-7-17(2)18(3)11-20/h5-13,15H,14H2,1-4H3,(H,30,34). The van der Waals surface area contributed by atoms with E-state index in [1.165, 1.54) is 17.5 Å². The molecule has 9 heteroatoms. The predicted molar refractivity (Wildman–Crippen MR) is 133 cm³/mol. The van der Waals surface area contributed by atoms with E-state index in [0.717, 1.165) is 16.9 Å². The van der Waals surface area contributed by atoms with Gasteiger partial charge in [0.1, 0.15) is 17.9 Å². The molecule has 3 aromatic heterocycles. The van der Waals surface area contributed by atoms with Gasteiger partial charge in [-0.2, -0.15) is 14.9 Å². The van der Waals surface area contributed by atoms with Crippen molar-refractivity contribution in [2.24, 2.45) is 0 Å². The number of carbonyl (C=O) groups is 1. The largest absolute Gasteiger partial charge is 0.484 e. The van der Waals surface area contributed by atoms with Gasteiger partial charge in [0.05, 0.1) is 23.0 Å². The summed E-state index contributed by atoms with van der Waals surface area (Å²) in [6, 6.07) is 15.5. The fraction of sp³-hybridized carbons (Fsp3) is 0.192. The Balaban J connectivity index is 1.43. The minimum Gasteiger partial charge on any atom is -0.484 e. The third kappa shape index (κ3) is 4.48. The van der Waals surface area contributed by atoms with Crippen LogP contribution >= 0.6 is 0 Å². The average molecular weight is 468 g/mol. The van der Waals surface area contributed by atoms with Gasteiger partial charge in [-0.05, 0) is 63.1 Å². The number of hydrogen-bond acceptors (Lipinski definition) is 6. The molecule has 0 aliphatic rings. The van der Waals surface area contributed by atoms with Gasteiger partial charge in [-0.3, -0.25) is 4.79 Å². The van der Waals surface area contributed by atoms with E-state index in [1.807, 2.05) is 44.2 Å². The Morgan fingerprint density at radius 3 is 2.51 bits per heavy atom. The molecule has 0 fully saturated rings. The van der Waals surface area contributed by atoms with Gasteiger partial charge in [-0.15, -0.1) is 0 Å². The molecule has 5 rings (SSSR count). The third-order valence-corrected chi connectivity index (χ3v) is 5.77. The van der Waals surface area contributed by atoms with Crippen molar-refractivity contribution >= 4 is 22.8 Å². The molecule has 176 valence electrons. The molecule has 1 amide bonds. The first kappa shape index (κ1) is 22.3. The normalized spacial score (nSPS) is 11.1. The van der Waals surface area contributed by atoms with Gasteiger partial charge in [0.2, 0.25) is 0 Å². The Hall–Kier alpha value is -4.53. The quantitative estimate of drug-likeness (QED) is 0.401. The van der Waals surface area contributed by atoms with Crippen molar-refractivity contribution in [3.63, 3.8) is 0 Å². The van der Waals surface area contributed by atoms with Gasteiger partial charge >= 0.3 is 0 Å². The van der Waals surface area contributed by atoms with E-state index in [0.29, 0.717) is 28.4 Å². The predicted octanol–water partition coefficient (Wildman–Crippen LogP) is 4.25. The summed E-state index contributed by atoms with van der Waals surface area (Å²) in [6.07, 6.45) is 3.18. The van der Waals surface area contributed by atoms with Crippen LogP contribution in [0.5, 0.6) is 5.75 Å². The van der Waals surface area contributed by atoms with Gasteiger partial charge in [0, 0.05) is 6.07 Å². The summed E-state index contributed by atoms with van der Waals surface area (Å²) < 4.78 is 8.97. The van der Waals surface area contributed by atoms with Crippen molar-refractivity contribution in [3.8, 4) is 17.3 Å². The summed E-state index contributed by atoms with van der Waals surface area (Å²) in [5, 5.41) is 12.7. The smallest absolute Gasteiger partial charge is 0.263 e. The molecule has 2 aromatic carbocycles. The number of fused-ring (bicyclic) bond motifs is 1. The zero-order valence-electron chi connectivity index (χ0n) is 20.0. The lowest BCUT2D eigenvalue weighted by Crippen LogP contribution is -2.22. The number of carbonyl (C=O) groups excluding carboxylic acids is 1. The van der Waals surface area contributed by atoms with Gasteiger partial charge in [0.15, 0.2) is 18.1 Å². The summed E-state index contributed by atoms with van der Waals surface area (Å²) >= 11 is 0. The fourth-order valence-electron chi connectivity index (χ4n) is 3.76. The van der Waals surface area contributed by atoms with Crippen molar-refractivity contribution in [3.05, 3.63) is 83.4 Å². The number of nitrogens with one attached hydrogen (secondary N) is 1. The summed E-state index contributed by atoms with van der Waals surface area (Å²) in [5.41, 5.74) is 5.78. The maximum Gasteiger partial charge on any atom is 0.263 e. The van der Waals surface area contributed by atoms with Crippen molar-refractivity contribution in [1.82, 2.24) is 29.5 Å². The molecule has 0 aliphatic heterocycles.